The minimum atomic E-state index is -0.132. The molecule has 2 aliphatic heterocycles. The minimum Gasteiger partial charge on any atom is -0.396 e. The van der Waals surface area contributed by atoms with Gasteiger partial charge in [-0.2, -0.15) is 0 Å². The summed E-state index contributed by atoms with van der Waals surface area (Å²) in [5.41, 5.74) is -0.132. The number of fused-ring (bicyclic) bond motifs is 1. The molecule has 0 aromatic rings. The third-order valence-corrected chi connectivity index (χ3v) is 5.75. The Morgan fingerprint density at radius 3 is 2.17 bits per heavy atom. The maximum atomic E-state index is 9.44. The molecule has 4 nitrogen and oxygen atoms in total. The van der Waals surface area contributed by atoms with E-state index in [4.69, 9.17) is 0 Å². The third kappa shape index (κ3) is 1.73. The average Bonchev–Trinajstić information content (AvgIpc) is 2.83. The maximum Gasteiger partial charge on any atom is 0.0515 e. The summed E-state index contributed by atoms with van der Waals surface area (Å²) in [6.45, 7) is 9.45. The van der Waals surface area contributed by atoms with E-state index in [0.29, 0.717) is 23.9 Å². The van der Waals surface area contributed by atoms with Gasteiger partial charge in [0.1, 0.15) is 0 Å². The molecular formula is C14H26N2O2. The highest BCUT2D eigenvalue weighted by molar-refractivity contribution is 5.16. The molecule has 104 valence electrons. The van der Waals surface area contributed by atoms with Gasteiger partial charge in [0.25, 0.3) is 0 Å². The van der Waals surface area contributed by atoms with Gasteiger partial charge in [-0.05, 0) is 32.1 Å². The first-order chi connectivity index (χ1) is 8.62. The molecule has 3 atom stereocenters. The van der Waals surface area contributed by atoms with Crippen molar-refractivity contribution >= 4 is 0 Å². The van der Waals surface area contributed by atoms with E-state index in [1.807, 2.05) is 0 Å². The second kappa shape index (κ2) is 4.44. The monoisotopic (exact) mass is 254 g/mol. The Hall–Kier alpha value is -0.160. The molecule has 0 radical (unpaired) electrons. The first-order valence-corrected chi connectivity index (χ1v) is 7.32. The number of piperidine rings is 1. The highest BCUT2D eigenvalue weighted by Crippen LogP contribution is 2.62. The number of rotatable bonds is 4. The predicted octanol–water partition coefficient (Wildman–Crippen LogP) is 0.00170. The first kappa shape index (κ1) is 12.9. The molecule has 2 N–H and O–H groups in total. The van der Waals surface area contributed by atoms with E-state index in [1.54, 1.807) is 0 Å². The van der Waals surface area contributed by atoms with E-state index in [2.05, 4.69) is 23.6 Å². The molecule has 3 rings (SSSR count). The Kier molecular flexibility index (Phi) is 3.17. The molecule has 0 aromatic carbocycles. The van der Waals surface area contributed by atoms with Gasteiger partial charge in [-0.25, -0.2) is 0 Å². The fourth-order valence-corrected chi connectivity index (χ4v) is 4.22. The molecule has 3 unspecified atom stereocenters. The number of nitrogens with zero attached hydrogens (tertiary/aromatic N) is 2. The smallest absolute Gasteiger partial charge is 0.0515 e. The van der Waals surface area contributed by atoms with Crippen LogP contribution in [-0.2, 0) is 0 Å². The zero-order chi connectivity index (χ0) is 12.9. The van der Waals surface area contributed by atoms with Crippen LogP contribution in [0.2, 0.25) is 0 Å². The highest BCUT2D eigenvalue weighted by atomic mass is 16.3. The van der Waals surface area contributed by atoms with Gasteiger partial charge in [0, 0.05) is 43.7 Å². The number of hydrogen-bond acceptors (Lipinski definition) is 4. The number of aliphatic hydroxyl groups is 2. The van der Waals surface area contributed by atoms with Crippen LogP contribution in [0.15, 0.2) is 0 Å². The van der Waals surface area contributed by atoms with Crippen LogP contribution >= 0.6 is 0 Å². The fraction of sp³-hybridized carbons (Fsp3) is 1.00. The Balaban J connectivity index is 1.54. The standard InChI is InChI=1S/C14H26N2O2/c1-10(2)15-4-3-11(5-15)16-6-12-13(7-16)14(12,8-17)9-18/h10-13,17-18H,3-9H2,1-2H3. The minimum absolute atomic E-state index is 0.132. The van der Waals surface area contributed by atoms with Gasteiger partial charge in [-0.1, -0.05) is 0 Å². The third-order valence-electron chi connectivity index (χ3n) is 5.75. The molecule has 3 aliphatic rings. The topological polar surface area (TPSA) is 46.9 Å². The summed E-state index contributed by atoms with van der Waals surface area (Å²) < 4.78 is 0. The lowest BCUT2D eigenvalue weighted by atomic mass is 10.0. The van der Waals surface area contributed by atoms with E-state index in [9.17, 15) is 10.2 Å². The zero-order valence-electron chi connectivity index (χ0n) is 11.5. The molecule has 0 amide bonds. The van der Waals surface area contributed by atoms with Gasteiger partial charge >= 0.3 is 0 Å². The lowest BCUT2D eigenvalue weighted by Crippen LogP contribution is -2.41. The molecule has 1 aliphatic carbocycles. The van der Waals surface area contributed by atoms with Crippen LogP contribution in [-0.4, -0.2) is 71.5 Å². The second-order valence-corrected chi connectivity index (χ2v) is 6.75. The van der Waals surface area contributed by atoms with Crippen LogP contribution in [0, 0.1) is 17.3 Å². The van der Waals surface area contributed by atoms with Gasteiger partial charge in [-0.15, -0.1) is 0 Å². The predicted molar refractivity (Wildman–Crippen MR) is 70.3 cm³/mol. The van der Waals surface area contributed by atoms with Crippen molar-refractivity contribution in [1.82, 2.24) is 9.80 Å². The van der Waals surface area contributed by atoms with Gasteiger partial charge in [0.05, 0.1) is 13.2 Å². The van der Waals surface area contributed by atoms with Crippen molar-refractivity contribution < 1.29 is 10.2 Å². The van der Waals surface area contributed by atoms with Gasteiger partial charge in [0.15, 0.2) is 0 Å². The van der Waals surface area contributed by atoms with Gasteiger partial charge in [0.2, 0.25) is 0 Å². The van der Waals surface area contributed by atoms with Gasteiger partial charge in [-0.3, -0.25) is 9.80 Å². The van der Waals surface area contributed by atoms with Crippen LogP contribution in [0.3, 0.4) is 0 Å². The summed E-state index contributed by atoms with van der Waals surface area (Å²) in [6, 6.07) is 1.36. The number of hydrogen-bond donors (Lipinski definition) is 2. The van der Waals surface area contributed by atoms with Gasteiger partial charge < -0.3 is 10.2 Å². The van der Waals surface area contributed by atoms with Crippen molar-refractivity contribution in [3.8, 4) is 0 Å². The molecule has 3 fully saturated rings. The normalized spacial score (nSPS) is 39.5. The van der Waals surface area contributed by atoms with E-state index < -0.39 is 0 Å². The van der Waals surface area contributed by atoms with Crippen molar-refractivity contribution in [2.45, 2.75) is 32.4 Å². The summed E-state index contributed by atoms with van der Waals surface area (Å²) in [6.07, 6.45) is 1.28. The zero-order valence-corrected chi connectivity index (χ0v) is 11.5. The molecule has 1 saturated carbocycles. The Labute approximate surface area is 110 Å². The van der Waals surface area contributed by atoms with Crippen LogP contribution < -0.4 is 0 Å². The Morgan fingerprint density at radius 1 is 1.11 bits per heavy atom. The molecule has 0 spiro atoms. The highest BCUT2D eigenvalue weighted by Gasteiger charge is 2.67. The number of likely N-dealkylation sites (tertiary alicyclic amines) is 2. The summed E-state index contributed by atoms with van der Waals surface area (Å²) in [5.74, 6) is 1.08. The molecule has 4 heteroatoms. The lowest BCUT2D eigenvalue weighted by molar-refractivity contribution is 0.0782. The van der Waals surface area contributed by atoms with Crippen molar-refractivity contribution in [3.63, 3.8) is 0 Å². The van der Waals surface area contributed by atoms with Crippen LogP contribution in [0.5, 0.6) is 0 Å². The Bertz CT molecular complexity index is 303. The van der Waals surface area contributed by atoms with Crippen LogP contribution in [0.4, 0.5) is 0 Å². The molecule has 0 bridgehead atoms. The summed E-state index contributed by atoms with van der Waals surface area (Å²) in [4.78, 5) is 5.15. The molecule has 18 heavy (non-hydrogen) atoms. The molecule has 2 heterocycles. The van der Waals surface area contributed by atoms with Crippen LogP contribution in [0.25, 0.3) is 0 Å². The quantitative estimate of drug-likeness (QED) is 0.741. The van der Waals surface area contributed by atoms with E-state index in [-0.39, 0.29) is 18.6 Å². The molecular weight excluding hydrogens is 228 g/mol. The molecule has 2 saturated heterocycles. The summed E-state index contributed by atoms with van der Waals surface area (Å²) in [5, 5.41) is 18.9. The van der Waals surface area contributed by atoms with Crippen molar-refractivity contribution in [2.24, 2.45) is 17.3 Å². The van der Waals surface area contributed by atoms with Crippen molar-refractivity contribution in [1.29, 1.82) is 0 Å². The molecule has 0 aromatic heterocycles. The summed E-state index contributed by atoms with van der Waals surface area (Å²) >= 11 is 0. The van der Waals surface area contributed by atoms with E-state index >= 15 is 0 Å². The maximum absolute atomic E-state index is 9.44. The SMILES string of the molecule is CC(C)N1CCC(N2CC3C(C2)C3(CO)CO)C1. The second-order valence-electron chi connectivity index (χ2n) is 6.75. The number of aliphatic hydroxyl groups excluding tert-OH is 2. The van der Waals surface area contributed by atoms with E-state index in [0.717, 1.165) is 13.1 Å². The fourth-order valence-electron chi connectivity index (χ4n) is 4.22. The largest absolute Gasteiger partial charge is 0.396 e. The van der Waals surface area contributed by atoms with Crippen molar-refractivity contribution in [2.75, 3.05) is 39.4 Å². The summed E-state index contributed by atoms with van der Waals surface area (Å²) in [7, 11) is 0. The van der Waals surface area contributed by atoms with Crippen molar-refractivity contribution in [3.05, 3.63) is 0 Å². The Morgan fingerprint density at radius 2 is 1.72 bits per heavy atom. The average molecular weight is 254 g/mol. The van der Waals surface area contributed by atoms with Crippen LogP contribution in [0.1, 0.15) is 20.3 Å². The first-order valence-electron chi connectivity index (χ1n) is 7.32. The lowest BCUT2D eigenvalue weighted by Gasteiger charge is -2.30. The van der Waals surface area contributed by atoms with E-state index in [1.165, 1.54) is 19.5 Å².